The van der Waals surface area contributed by atoms with Crippen LogP contribution in [0.5, 0.6) is 0 Å². The molecule has 6 heteroatoms. The Morgan fingerprint density at radius 1 is 1.29 bits per heavy atom. The summed E-state index contributed by atoms with van der Waals surface area (Å²) < 4.78 is 3.33. The van der Waals surface area contributed by atoms with Gasteiger partial charge in [0.1, 0.15) is 5.15 Å². The van der Waals surface area contributed by atoms with Crippen LogP contribution in [0.3, 0.4) is 0 Å². The summed E-state index contributed by atoms with van der Waals surface area (Å²) in [5, 5.41) is 8.98. The molecule has 0 spiro atoms. The third-order valence-electron chi connectivity index (χ3n) is 3.68. The molecule has 2 heterocycles. The largest absolute Gasteiger partial charge is 0.289 e. The van der Waals surface area contributed by atoms with Crippen LogP contribution in [-0.4, -0.2) is 25.3 Å². The molecule has 5 nitrogen and oxygen atoms in total. The fraction of sp³-hybridized carbons (Fsp3) is 0.167. The zero-order chi connectivity index (χ0) is 17.1. The highest BCUT2D eigenvalue weighted by molar-refractivity contribution is 6.31. The molecular formula is C18H17ClN4O. The highest BCUT2D eigenvalue weighted by Crippen LogP contribution is 2.22. The molecule has 1 aromatic carbocycles. The van der Waals surface area contributed by atoms with E-state index in [2.05, 4.69) is 10.2 Å². The van der Waals surface area contributed by atoms with Gasteiger partial charge in [-0.1, -0.05) is 41.9 Å². The average Bonchev–Trinajstić information content (AvgIpc) is 3.11. The zero-order valence-electron chi connectivity index (χ0n) is 13.5. The minimum absolute atomic E-state index is 0.116. The number of rotatable bonds is 5. The molecule has 122 valence electrons. The fourth-order valence-corrected chi connectivity index (χ4v) is 2.72. The van der Waals surface area contributed by atoms with Gasteiger partial charge in [-0.3, -0.25) is 9.48 Å². The predicted molar refractivity (Wildman–Crippen MR) is 94.1 cm³/mol. The number of benzene rings is 1. The van der Waals surface area contributed by atoms with Gasteiger partial charge in [-0.25, -0.2) is 4.68 Å². The molecule has 0 bridgehead atoms. The summed E-state index contributed by atoms with van der Waals surface area (Å²) >= 11 is 6.43. The number of hydrogen-bond acceptors (Lipinski definition) is 3. The van der Waals surface area contributed by atoms with Crippen LogP contribution in [0.2, 0.25) is 5.15 Å². The number of hydrogen-bond donors (Lipinski definition) is 0. The van der Waals surface area contributed by atoms with E-state index < -0.39 is 0 Å². The van der Waals surface area contributed by atoms with Gasteiger partial charge in [0.15, 0.2) is 5.78 Å². The number of aryl methyl sites for hydroxylation is 2. The van der Waals surface area contributed by atoms with Gasteiger partial charge in [-0.05, 0) is 24.6 Å². The lowest BCUT2D eigenvalue weighted by Gasteiger charge is -2.03. The molecule has 0 radical (unpaired) electrons. The molecular weight excluding hydrogens is 324 g/mol. The van der Waals surface area contributed by atoms with Crippen LogP contribution in [0.1, 0.15) is 27.2 Å². The van der Waals surface area contributed by atoms with Crippen molar-refractivity contribution in [2.75, 3.05) is 0 Å². The van der Waals surface area contributed by atoms with Crippen LogP contribution in [0, 0.1) is 6.92 Å². The van der Waals surface area contributed by atoms with Gasteiger partial charge < -0.3 is 0 Å². The van der Waals surface area contributed by atoms with E-state index in [0.717, 1.165) is 16.8 Å². The van der Waals surface area contributed by atoms with E-state index in [1.165, 1.54) is 6.08 Å². The number of carbonyl (C=O) groups excluding carboxylic acids is 1. The van der Waals surface area contributed by atoms with E-state index in [4.69, 9.17) is 11.6 Å². The lowest BCUT2D eigenvalue weighted by atomic mass is 10.2. The lowest BCUT2D eigenvalue weighted by Crippen LogP contribution is -2.01. The molecule has 0 aliphatic heterocycles. The summed E-state index contributed by atoms with van der Waals surface area (Å²) in [5.41, 5.74) is 3.19. The Hall–Kier alpha value is -2.66. The van der Waals surface area contributed by atoms with E-state index in [-0.39, 0.29) is 5.78 Å². The Bertz CT molecular complexity index is 893. The number of halogens is 1. The summed E-state index contributed by atoms with van der Waals surface area (Å²) in [6.07, 6.45) is 6.43. The normalized spacial score (nSPS) is 11.3. The van der Waals surface area contributed by atoms with Crippen LogP contribution in [0.4, 0.5) is 0 Å². The summed E-state index contributed by atoms with van der Waals surface area (Å²) in [4.78, 5) is 12.1. The summed E-state index contributed by atoms with van der Waals surface area (Å²) in [7, 11) is 1.77. The number of ketones is 1. The topological polar surface area (TPSA) is 52.7 Å². The lowest BCUT2D eigenvalue weighted by molar-refractivity contribution is 0.104. The predicted octanol–water partition coefficient (Wildman–Crippen LogP) is 3.52. The average molecular weight is 341 g/mol. The Balaban J connectivity index is 1.81. The standard InChI is InChI=1S/C18H17ClN4O/c1-13-16(8-9-17(24)15-10-20-22(2)12-15)18(19)23(21-13)11-14-6-4-3-5-7-14/h3-10,12H,11H2,1-2H3. The number of aromatic nitrogens is 4. The fourth-order valence-electron chi connectivity index (χ4n) is 2.42. The molecule has 0 saturated heterocycles. The molecule has 0 unspecified atom stereocenters. The van der Waals surface area contributed by atoms with Crippen molar-refractivity contribution < 1.29 is 4.79 Å². The van der Waals surface area contributed by atoms with Crippen molar-refractivity contribution in [3.63, 3.8) is 0 Å². The van der Waals surface area contributed by atoms with Crippen molar-refractivity contribution in [3.05, 3.63) is 76.3 Å². The second-order valence-corrected chi connectivity index (χ2v) is 5.89. The smallest absolute Gasteiger partial charge is 0.189 e. The quantitative estimate of drug-likeness (QED) is 0.527. The maximum atomic E-state index is 12.1. The van der Waals surface area contributed by atoms with Crippen molar-refractivity contribution in [3.8, 4) is 0 Å². The van der Waals surface area contributed by atoms with Crippen LogP contribution < -0.4 is 0 Å². The van der Waals surface area contributed by atoms with Crippen molar-refractivity contribution in [2.24, 2.45) is 7.05 Å². The van der Waals surface area contributed by atoms with Gasteiger partial charge >= 0.3 is 0 Å². The number of carbonyl (C=O) groups is 1. The van der Waals surface area contributed by atoms with Gasteiger partial charge in [0.25, 0.3) is 0 Å². The molecule has 0 N–H and O–H groups in total. The van der Waals surface area contributed by atoms with Crippen LogP contribution in [0.25, 0.3) is 6.08 Å². The van der Waals surface area contributed by atoms with E-state index in [9.17, 15) is 4.79 Å². The molecule has 0 aliphatic carbocycles. The number of nitrogens with zero attached hydrogens (tertiary/aromatic N) is 4. The van der Waals surface area contributed by atoms with Gasteiger partial charge in [-0.15, -0.1) is 0 Å². The minimum Gasteiger partial charge on any atom is -0.289 e. The molecule has 0 atom stereocenters. The maximum absolute atomic E-state index is 12.1. The van der Waals surface area contributed by atoms with E-state index in [0.29, 0.717) is 17.3 Å². The monoisotopic (exact) mass is 340 g/mol. The zero-order valence-corrected chi connectivity index (χ0v) is 14.2. The Labute approximate surface area is 145 Å². The first kappa shape index (κ1) is 16.2. The first-order chi connectivity index (χ1) is 11.5. The first-order valence-electron chi connectivity index (χ1n) is 7.52. The Kier molecular flexibility index (Phi) is 4.62. The second-order valence-electron chi connectivity index (χ2n) is 5.53. The minimum atomic E-state index is -0.116. The highest BCUT2D eigenvalue weighted by atomic mass is 35.5. The van der Waals surface area contributed by atoms with Gasteiger partial charge in [0, 0.05) is 18.8 Å². The Morgan fingerprint density at radius 2 is 2.04 bits per heavy atom. The Morgan fingerprint density at radius 3 is 2.71 bits per heavy atom. The summed E-state index contributed by atoms with van der Waals surface area (Å²) in [5.74, 6) is -0.116. The molecule has 0 saturated carbocycles. The van der Waals surface area contributed by atoms with Crippen molar-refractivity contribution >= 4 is 23.5 Å². The van der Waals surface area contributed by atoms with Crippen molar-refractivity contribution in [2.45, 2.75) is 13.5 Å². The van der Waals surface area contributed by atoms with Crippen LogP contribution in [0.15, 0.2) is 48.8 Å². The molecule has 0 aliphatic rings. The third-order valence-corrected chi connectivity index (χ3v) is 4.07. The van der Waals surface area contributed by atoms with Crippen LogP contribution >= 0.6 is 11.6 Å². The van der Waals surface area contributed by atoms with Gasteiger partial charge in [0.05, 0.1) is 24.0 Å². The first-order valence-corrected chi connectivity index (χ1v) is 7.90. The van der Waals surface area contributed by atoms with Crippen LogP contribution in [-0.2, 0) is 13.6 Å². The third kappa shape index (κ3) is 3.46. The number of allylic oxidation sites excluding steroid dienone is 1. The molecule has 0 amide bonds. The summed E-state index contributed by atoms with van der Waals surface area (Å²) in [6, 6.07) is 9.97. The van der Waals surface area contributed by atoms with E-state index in [1.54, 1.807) is 34.9 Å². The van der Waals surface area contributed by atoms with Gasteiger partial charge in [-0.2, -0.15) is 10.2 Å². The molecule has 0 fully saturated rings. The highest BCUT2D eigenvalue weighted by Gasteiger charge is 2.12. The van der Waals surface area contributed by atoms with Gasteiger partial charge in [0.2, 0.25) is 0 Å². The molecule has 24 heavy (non-hydrogen) atoms. The summed E-state index contributed by atoms with van der Waals surface area (Å²) in [6.45, 7) is 2.46. The SMILES string of the molecule is Cc1nn(Cc2ccccc2)c(Cl)c1C=CC(=O)c1cnn(C)c1. The maximum Gasteiger partial charge on any atom is 0.189 e. The van der Waals surface area contributed by atoms with E-state index in [1.807, 2.05) is 37.3 Å². The molecule has 3 rings (SSSR count). The van der Waals surface area contributed by atoms with Crippen molar-refractivity contribution in [1.29, 1.82) is 0 Å². The second kappa shape index (κ2) is 6.84. The molecule has 3 aromatic rings. The van der Waals surface area contributed by atoms with Crippen molar-refractivity contribution in [1.82, 2.24) is 19.6 Å². The van der Waals surface area contributed by atoms with E-state index >= 15 is 0 Å². The molecule has 2 aromatic heterocycles.